The Morgan fingerprint density at radius 3 is 2.79 bits per heavy atom. The molecule has 0 bridgehead atoms. The third-order valence-corrected chi connectivity index (χ3v) is 3.12. The SMILES string of the molecule is CC(C)COCCn1c(CO)nnc1SCC(=O)O. The number of aliphatic carboxylic acids is 1. The fraction of sp³-hybridized carbons (Fsp3) is 0.727. The second-order valence-corrected chi connectivity index (χ2v) is 5.30. The Morgan fingerprint density at radius 1 is 1.47 bits per heavy atom. The lowest BCUT2D eigenvalue weighted by molar-refractivity contribution is -0.133. The molecule has 0 saturated carbocycles. The maximum absolute atomic E-state index is 10.5. The third-order valence-electron chi connectivity index (χ3n) is 2.17. The number of hydrogen-bond acceptors (Lipinski definition) is 6. The Kier molecular flexibility index (Phi) is 6.82. The maximum Gasteiger partial charge on any atom is 0.313 e. The first-order valence-corrected chi connectivity index (χ1v) is 6.98. The second-order valence-electron chi connectivity index (χ2n) is 4.36. The molecular weight excluding hydrogens is 270 g/mol. The summed E-state index contributed by atoms with van der Waals surface area (Å²) in [6, 6.07) is 0. The minimum atomic E-state index is -0.916. The van der Waals surface area contributed by atoms with Gasteiger partial charge in [-0.1, -0.05) is 25.6 Å². The van der Waals surface area contributed by atoms with Crippen molar-refractivity contribution in [3.63, 3.8) is 0 Å². The van der Waals surface area contributed by atoms with E-state index in [-0.39, 0.29) is 12.4 Å². The van der Waals surface area contributed by atoms with Crippen molar-refractivity contribution < 1.29 is 19.7 Å². The Hall–Kier alpha value is -1.12. The summed E-state index contributed by atoms with van der Waals surface area (Å²) in [6.45, 7) is 5.53. The number of aliphatic hydroxyl groups is 1. The summed E-state index contributed by atoms with van der Waals surface area (Å²) in [5.74, 6) is -0.127. The molecule has 108 valence electrons. The highest BCUT2D eigenvalue weighted by Crippen LogP contribution is 2.16. The summed E-state index contributed by atoms with van der Waals surface area (Å²) in [5, 5.41) is 26.0. The molecule has 0 aliphatic carbocycles. The summed E-state index contributed by atoms with van der Waals surface area (Å²) in [5.41, 5.74) is 0. The molecule has 0 spiro atoms. The predicted octanol–water partition coefficient (Wildman–Crippen LogP) is 0.620. The molecule has 0 atom stereocenters. The van der Waals surface area contributed by atoms with E-state index < -0.39 is 5.97 Å². The number of carbonyl (C=O) groups is 1. The van der Waals surface area contributed by atoms with Crippen molar-refractivity contribution in [2.75, 3.05) is 19.0 Å². The van der Waals surface area contributed by atoms with E-state index in [0.717, 1.165) is 11.8 Å². The van der Waals surface area contributed by atoms with Gasteiger partial charge in [-0.05, 0) is 5.92 Å². The molecule has 0 unspecified atom stereocenters. The number of nitrogens with zero attached hydrogens (tertiary/aromatic N) is 3. The molecule has 2 N–H and O–H groups in total. The highest BCUT2D eigenvalue weighted by Gasteiger charge is 2.13. The van der Waals surface area contributed by atoms with E-state index in [1.54, 1.807) is 4.57 Å². The van der Waals surface area contributed by atoms with Gasteiger partial charge in [0.1, 0.15) is 6.61 Å². The number of rotatable bonds is 9. The van der Waals surface area contributed by atoms with Crippen molar-refractivity contribution in [1.82, 2.24) is 14.8 Å². The van der Waals surface area contributed by atoms with Crippen LogP contribution >= 0.6 is 11.8 Å². The number of aliphatic hydroxyl groups excluding tert-OH is 1. The molecule has 0 aliphatic heterocycles. The van der Waals surface area contributed by atoms with Crippen molar-refractivity contribution >= 4 is 17.7 Å². The van der Waals surface area contributed by atoms with E-state index in [0.29, 0.717) is 36.7 Å². The Morgan fingerprint density at radius 2 is 2.21 bits per heavy atom. The van der Waals surface area contributed by atoms with Gasteiger partial charge in [0.05, 0.1) is 12.4 Å². The quantitative estimate of drug-likeness (QED) is 0.508. The van der Waals surface area contributed by atoms with E-state index in [2.05, 4.69) is 24.0 Å². The van der Waals surface area contributed by atoms with Crippen LogP contribution in [0.4, 0.5) is 0 Å². The van der Waals surface area contributed by atoms with Crippen LogP contribution in [-0.4, -0.2) is 49.9 Å². The lowest BCUT2D eigenvalue weighted by atomic mass is 10.2. The van der Waals surface area contributed by atoms with Crippen molar-refractivity contribution in [1.29, 1.82) is 0 Å². The number of carboxylic acid groups (broad SMARTS) is 1. The van der Waals surface area contributed by atoms with E-state index >= 15 is 0 Å². The highest BCUT2D eigenvalue weighted by molar-refractivity contribution is 7.99. The van der Waals surface area contributed by atoms with Crippen LogP contribution in [0.3, 0.4) is 0 Å². The minimum Gasteiger partial charge on any atom is -0.481 e. The monoisotopic (exact) mass is 289 g/mol. The van der Waals surface area contributed by atoms with Crippen LogP contribution in [0.2, 0.25) is 0 Å². The van der Waals surface area contributed by atoms with Crippen LogP contribution in [0, 0.1) is 5.92 Å². The van der Waals surface area contributed by atoms with Gasteiger partial charge in [-0.15, -0.1) is 10.2 Å². The Bertz CT molecular complexity index is 409. The molecule has 1 aromatic heterocycles. The molecule has 0 aromatic carbocycles. The molecule has 7 nitrogen and oxygen atoms in total. The number of thioether (sulfide) groups is 1. The molecule has 19 heavy (non-hydrogen) atoms. The summed E-state index contributed by atoms with van der Waals surface area (Å²) in [6.07, 6.45) is 0. The standard InChI is InChI=1S/C11H19N3O4S/c1-8(2)6-18-4-3-14-9(5-15)12-13-11(14)19-7-10(16)17/h8,15H,3-7H2,1-2H3,(H,16,17). The first kappa shape index (κ1) is 15.9. The van der Waals surface area contributed by atoms with E-state index in [1.807, 2.05) is 0 Å². The van der Waals surface area contributed by atoms with Crippen LogP contribution in [0.15, 0.2) is 5.16 Å². The summed E-state index contributed by atoms with van der Waals surface area (Å²) >= 11 is 1.08. The number of aromatic nitrogens is 3. The largest absolute Gasteiger partial charge is 0.481 e. The van der Waals surface area contributed by atoms with Crippen LogP contribution in [0.25, 0.3) is 0 Å². The smallest absolute Gasteiger partial charge is 0.313 e. The molecule has 1 aromatic rings. The van der Waals surface area contributed by atoms with Gasteiger partial charge < -0.3 is 19.5 Å². The molecular formula is C11H19N3O4S. The minimum absolute atomic E-state index is 0.0869. The molecule has 0 amide bonds. The van der Waals surface area contributed by atoms with Gasteiger partial charge in [0.2, 0.25) is 0 Å². The zero-order valence-corrected chi connectivity index (χ0v) is 11.9. The Labute approximate surface area is 116 Å². The van der Waals surface area contributed by atoms with Gasteiger partial charge in [0, 0.05) is 13.2 Å². The maximum atomic E-state index is 10.5. The van der Waals surface area contributed by atoms with Crippen LogP contribution in [0.5, 0.6) is 0 Å². The number of hydrogen-bond donors (Lipinski definition) is 2. The summed E-state index contributed by atoms with van der Waals surface area (Å²) in [4.78, 5) is 10.5. The van der Waals surface area contributed by atoms with Crippen molar-refractivity contribution in [3.8, 4) is 0 Å². The fourth-order valence-electron chi connectivity index (χ4n) is 1.37. The highest BCUT2D eigenvalue weighted by atomic mass is 32.2. The molecule has 0 fully saturated rings. The van der Waals surface area contributed by atoms with Crippen LogP contribution in [-0.2, 0) is 22.7 Å². The fourth-order valence-corrected chi connectivity index (χ4v) is 2.07. The normalized spacial score (nSPS) is 11.2. The van der Waals surface area contributed by atoms with Gasteiger partial charge >= 0.3 is 5.97 Å². The molecule has 0 aliphatic rings. The van der Waals surface area contributed by atoms with Crippen LogP contribution in [0.1, 0.15) is 19.7 Å². The van der Waals surface area contributed by atoms with Crippen LogP contribution < -0.4 is 0 Å². The van der Waals surface area contributed by atoms with Gasteiger partial charge in [0.15, 0.2) is 11.0 Å². The topological polar surface area (TPSA) is 97.5 Å². The molecule has 0 radical (unpaired) electrons. The molecule has 8 heteroatoms. The van der Waals surface area contributed by atoms with Gasteiger partial charge in [-0.2, -0.15) is 0 Å². The molecule has 0 saturated heterocycles. The summed E-state index contributed by atoms with van der Waals surface area (Å²) in [7, 11) is 0. The molecule has 1 heterocycles. The second kappa shape index (κ2) is 8.13. The predicted molar refractivity (Wildman–Crippen MR) is 70.0 cm³/mol. The van der Waals surface area contributed by atoms with Crippen molar-refractivity contribution in [2.45, 2.75) is 32.2 Å². The zero-order valence-electron chi connectivity index (χ0n) is 11.1. The Balaban J connectivity index is 2.57. The van der Waals surface area contributed by atoms with Gasteiger partial charge in [-0.25, -0.2) is 0 Å². The van der Waals surface area contributed by atoms with Gasteiger partial charge in [0.25, 0.3) is 0 Å². The average molecular weight is 289 g/mol. The van der Waals surface area contributed by atoms with E-state index in [9.17, 15) is 4.79 Å². The molecule has 1 rings (SSSR count). The summed E-state index contributed by atoms with van der Waals surface area (Å²) < 4.78 is 7.15. The zero-order chi connectivity index (χ0) is 14.3. The lowest BCUT2D eigenvalue weighted by Gasteiger charge is -2.10. The first-order chi connectivity index (χ1) is 9.04. The van der Waals surface area contributed by atoms with Crippen molar-refractivity contribution in [3.05, 3.63) is 5.82 Å². The first-order valence-electron chi connectivity index (χ1n) is 5.99. The third kappa shape index (κ3) is 5.58. The number of ether oxygens (including phenoxy) is 1. The van der Waals surface area contributed by atoms with E-state index in [1.165, 1.54) is 0 Å². The lowest BCUT2D eigenvalue weighted by Crippen LogP contribution is -2.13. The number of carboxylic acids is 1. The van der Waals surface area contributed by atoms with E-state index in [4.69, 9.17) is 14.9 Å². The van der Waals surface area contributed by atoms with Crippen molar-refractivity contribution in [2.24, 2.45) is 5.92 Å². The van der Waals surface area contributed by atoms with Gasteiger partial charge in [-0.3, -0.25) is 4.79 Å². The average Bonchev–Trinajstić information content (AvgIpc) is 2.74.